The number of carbonyl (C=O) groups excluding carboxylic acids is 2. The number of nitrogens with one attached hydrogen (secondary N) is 2. The van der Waals surface area contributed by atoms with E-state index in [2.05, 4.69) is 16.7 Å². The zero-order valence-electron chi connectivity index (χ0n) is 14.4. The van der Waals surface area contributed by atoms with Gasteiger partial charge in [-0.25, -0.2) is 4.79 Å². The van der Waals surface area contributed by atoms with E-state index in [0.717, 1.165) is 25.3 Å². The molecule has 1 saturated carbocycles. The van der Waals surface area contributed by atoms with Crippen molar-refractivity contribution in [3.63, 3.8) is 0 Å². The first-order valence-electron chi connectivity index (χ1n) is 8.26. The number of rotatable bonds is 6. The minimum atomic E-state index is -0.913. The molecule has 9 nitrogen and oxygen atoms in total. The molecule has 26 heavy (non-hydrogen) atoms. The Kier molecular flexibility index (Phi) is 6.11. The molecule has 0 saturated heterocycles. The summed E-state index contributed by atoms with van der Waals surface area (Å²) in [7, 11) is 1.56. The molecule has 0 unspecified atom stereocenters. The fourth-order valence-electron chi connectivity index (χ4n) is 2.96. The van der Waals surface area contributed by atoms with Crippen LogP contribution < -0.4 is 10.6 Å². The van der Waals surface area contributed by atoms with Crippen molar-refractivity contribution >= 4 is 23.3 Å². The van der Waals surface area contributed by atoms with Crippen molar-refractivity contribution in [2.45, 2.75) is 37.6 Å². The average Bonchev–Trinajstić information content (AvgIpc) is 2.66. The van der Waals surface area contributed by atoms with Gasteiger partial charge < -0.3 is 15.4 Å². The van der Waals surface area contributed by atoms with Crippen LogP contribution in [0.25, 0.3) is 0 Å². The number of anilines is 1. The summed E-state index contributed by atoms with van der Waals surface area (Å²) < 4.78 is 4.98. The molecular formula is C17H20N4O5. The molecule has 0 aromatic heterocycles. The van der Waals surface area contributed by atoms with Gasteiger partial charge in [-0.05, 0) is 18.9 Å². The Labute approximate surface area is 150 Å². The summed E-state index contributed by atoms with van der Waals surface area (Å²) in [5, 5.41) is 25.6. The summed E-state index contributed by atoms with van der Waals surface area (Å²) in [6.45, 7) is -0.561. The van der Waals surface area contributed by atoms with E-state index >= 15 is 0 Å². The van der Waals surface area contributed by atoms with Gasteiger partial charge in [0.05, 0.1) is 16.6 Å². The van der Waals surface area contributed by atoms with Crippen molar-refractivity contribution in [2.75, 3.05) is 19.0 Å². The highest BCUT2D eigenvalue weighted by Gasteiger charge is 2.33. The van der Waals surface area contributed by atoms with Crippen LogP contribution in [-0.2, 0) is 9.53 Å². The number of nitriles is 1. The second-order valence-corrected chi connectivity index (χ2v) is 6.12. The van der Waals surface area contributed by atoms with E-state index in [1.165, 1.54) is 12.1 Å². The molecule has 138 valence electrons. The molecule has 1 aliphatic rings. The van der Waals surface area contributed by atoms with Crippen molar-refractivity contribution < 1.29 is 19.2 Å². The Morgan fingerprint density at radius 1 is 1.35 bits per heavy atom. The molecule has 0 aliphatic heterocycles. The third-order valence-corrected chi connectivity index (χ3v) is 4.34. The van der Waals surface area contributed by atoms with Crippen LogP contribution in [-0.4, -0.2) is 36.0 Å². The molecule has 9 heteroatoms. The predicted molar refractivity (Wildman–Crippen MR) is 92.5 cm³/mol. The molecule has 0 heterocycles. The second kappa shape index (κ2) is 8.29. The largest absolute Gasteiger partial charge is 0.452 e. The van der Waals surface area contributed by atoms with Crippen LogP contribution in [0.3, 0.4) is 0 Å². The van der Waals surface area contributed by atoms with Gasteiger partial charge in [-0.3, -0.25) is 14.9 Å². The Balaban J connectivity index is 2.02. The van der Waals surface area contributed by atoms with Gasteiger partial charge in [-0.1, -0.05) is 19.3 Å². The highest BCUT2D eigenvalue weighted by Crippen LogP contribution is 2.27. The first-order chi connectivity index (χ1) is 12.4. The van der Waals surface area contributed by atoms with Gasteiger partial charge in [0.25, 0.3) is 11.6 Å². The number of hydrogen-bond acceptors (Lipinski definition) is 7. The highest BCUT2D eigenvalue weighted by atomic mass is 16.6. The normalized spacial score (nSPS) is 15.4. The van der Waals surface area contributed by atoms with Crippen molar-refractivity contribution in [3.8, 4) is 6.07 Å². The number of carbonyl (C=O) groups is 2. The van der Waals surface area contributed by atoms with Crippen LogP contribution in [0.1, 0.15) is 42.5 Å². The lowest BCUT2D eigenvalue weighted by molar-refractivity contribution is -0.384. The van der Waals surface area contributed by atoms with E-state index in [1.807, 2.05) is 0 Å². The summed E-state index contributed by atoms with van der Waals surface area (Å²) in [5.74, 6) is -1.43. The van der Waals surface area contributed by atoms with Crippen molar-refractivity contribution in [1.82, 2.24) is 5.32 Å². The van der Waals surface area contributed by atoms with Gasteiger partial charge in [-0.15, -0.1) is 0 Å². The average molecular weight is 360 g/mol. The summed E-state index contributed by atoms with van der Waals surface area (Å²) in [5.41, 5.74) is -0.862. The SMILES string of the molecule is CNc1ccc([N+](=O)[O-])cc1C(=O)OCC(=O)NC1(C#N)CCCCC1. The third kappa shape index (κ3) is 4.47. The maximum Gasteiger partial charge on any atom is 0.341 e. The minimum Gasteiger partial charge on any atom is -0.452 e. The second-order valence-electron chi connectivity index (χ2n) is 6.12. The molecule has 2 rings (SSSR count). The van der Waals surface area contributed by atoms with E-state index in [9.17, 15) is 25.0 Å². The molecule has 1 fully saturated rings. The summed E-state index contributed by atoms with van der Waals surface area (Å²) in [6.07, 6.45) is 3.86. The van der Waals surface area contributed by atoms with Crippen LogP contribution >= 0.6 is 0 Å². The predicted octanol–water partition coefficient (Wildman–Crippen LogP) is 2.14. The molecule has 0 atom stereocenters. The standard InChI is InChI=1S/C17H20N4O5/c1-19-14-6-5-12(21(24)25)9-13(14)16(23)26-10-15(22)20-17(11-18)7-3-2-4-8-17/h5-6,9,19H,2-4,7-8,10H2,1H3,(H,20,22). The van der Waals surface area contributed by atoms with Crippen LogP contribution in [0.15, 0.2) is 18.2 Å². The summed E-state index contributed by atoms with van der Waals surface area (Å²) >= 11 is 0. The monoisotopic (exact) mass is 360 g/mol. The number of nitrogens with zero attached hydrogens (tertiary/aromatic N) is 2. The van der Waals surface area contributed by atoms with E-state index < -0.39 is 28.9 Å². The topological polar surface area (TPSA) is 134 Å². The van der Waals surface area contributed by atoms with Gasteiger partial charge in [0, 0.05) is 24.9 Å². The van der Waals surface area contributed by atoms with Crippen LogP contribution in [0.4, 0.5) is 11.4 Å². The molecule has 1 amide bonds. The van der Waals surface area contributed by atoms with Gasteiger partial charge in [0.15, 0.2) is 6.61 Å². The zero-order chi connectivity index (χ0) is 19.2. The Morgan fingerprint density at radius 2 is 2.04 bits per heavy atom. The molecule has 0 radical (unpaired) electrons. The van der Waals surface area contributed by atoms with E-state index in [0.29, 0.717) is 18.5 Å². The fourth-order valence-corrected chi connectivity index (χ4v) is 2.96. The lowest BCUT2D eigenvalue weighted by Crippen LogP contribution is -2.50. The maximum atomic E-state index is 12.2. The number of nitro benzene ring substituents is 1. The molecule has 2 N–H and O–H groups in total. The fraction of sp³-hybridized carbons (Fsp3) is 0.471. The first-order valence-corrected chi connectivity index (χ1v) is 8.26. The molecule has 0 bridgehead atoms. The number of benzene rings is 1. The molecule has 1 aromatic carbocycles. The van der Waals surface area contributed by atoms with Crippen LogP contribution in [0, 0.1) is 21.4 Å². The number of hydrogen-bond donors (Lipinski definition) is 2. The molecule has 1 aromatic rings. The summed E-state index contributed by atoms with van der Waals surface area (Å²) in [4.78, 5) is 34.5. The Morgan fingerprint density at radius 3 is 2.62 bits per heavy atom. The number of ether oxygens (including phenoxy) is 1. The van der Waals surface area contributed by atoms with Crippen molar-refractivity contribution in [1.29, 1.82) is 5.26 Å². The summed E-state index contributed by atoms with van der Waals surface area (Å²) in [6, 6.07) is 5.89. The number of nitro groups is 1. The van der Waals surface area contributed by atoms with Crippen LogP contribution in [0.2, 0.25) is 0 Å². The maximum absolute atomic E-state index is 12.2. The zero-order valence-corrected chi connectivity index (χ0v) is 14.4. The van der Waals surface area contributed by atoms with Gasteiger partial charge >= 0.3 is 5.97 Å². The molecular weight excluding hydrogens is 340 g/mol. The number of non-ortho nitro benzene ring substituents is 1. The Hall–Kier alpha value is -3.15. The van der Waals surface area contributed by atoms with Crippen molar-refractivity contribution in [2.24, 2.45) is 0 Å². The van der Waals surface area contributed by atoms with Gasteiger partial charge in [-0.2, -0.15) is 5.26 Å². The number of esters is 1. The lowest BCUT2D eigenvalue weighted by atomic mass is 9.83. The third-order valence-electron chi connectivity index (χ3n) is 4.34. The minimum absolute atomic E-state index is 0.0397. The highest BCUT2D eigenvalue weighted by molar-refractivity contribution is 5.97. The van der Waals surface area contributed by atoms with Gasteiger partial charge in [0.1, 0.15) is 5.54 Å². The first kappa shape index (κ1) is 19.2. The Bertz CT molecular complexity index is 750. The number of amides is 1. The van der Waals surface area contributed by atoms with E-state index in [1.54, 1.807) is 7.05 Å². The van der Waals surface area contributed by atoms with Crippen LogP contribution in [0.5, 0.6) is 0 Å². The lowest BCUT2D eigenvalue weighted by Gasteiger charge is -2.31. The van der Waals surface area contributed by atoms with E-state index in [-0.39, 0.29) is 11.3 Å². The quantitative estimate of drug-likeness (QED) is 0.451. The molecule has 1 aliphatic carbocycles. The molecule has 0 spiro atoms. The van der Waals surface area contributed by atoms with Gasteiger partial charge in [0.2, 0.25) is 0 Å². The van der Waals surface area contributed by atoms with Crippen molar-refractivity contribution in [3.05, 3.63) is 33.9 Å². The smallest absolute Gasteiger partial charge is 0.341 e. The van der Waals surface area contributed by atoms with E-state index in [4.69, 9.17) is 4.74 Å².